The van der Waals surface area contributed by atoms with Crippen LogP contribution < -0.4 is 4.74 Å². The Morgan fingerprint density at radius 2 is 2.06 bits per heavy atom. The second kappa shape index (κ2) is 6.54. The minimum atomic E-state index is 0.233. The van der Waals surface area contributed by atoms with E-state index in [2.05, 4.69) is 32.0 Å². The Morgan fingerprint density at radius 3 is 2.62 bits per heavy atom. The van der Waals surface area contributed by atoms with E-state index >= 15 is 0 Å². The summed E-state index contributed by atoms with van der Waals surface area (Å²) in [6.45, 7) is 4.66. The van der Waals surface area contributed by atoms with Gasteiger partial charge in [0.25, 0.3) is 0 Å². The number of benzene rings is 1. The summed E-state index contributed by atoms with van der Waals surface area (Å²) in [6, 6.07) is 6.40. The summed E-state index contributed by atoms with van der Waals surface area (Å²) in [5, 5.41) is 8.82. The lowest BCUT2D eigenvalue weighted by molar-refractivity contribution is 0.287. The number of aryl methyl sites for hydroxylation is 1. The van der Waals surface area contributed by atoms with Crippen molar-refractivity contribution in [3.05, 3.63) is 29.3 Å². The maximum atomic E-state index is 8.82. The van der Waals surface area contributed by atoms with Crippen LogP contribution in [0.4, 0.5) is 0 Å². The van der Waals surface area contributed by atoms with E-state index in [9.17, 15) is 0 Å². The van der Waals surface area contributed by atoms with Gasteiger partial charge in [-0.25, -0.2) is 0 Å². The smallest absolute Gasteiger partial charge is 0.122 e. The van der Waals surface area contributed by atoms with Crippen molar-refractivity contribution in [1.29, 1.82) is 0 Å². The third-order valence-corrected chi connectivity index (χ3v) is 2.60. The molecule has 0 bridgehead atoms. The van der Waals surface area contributed by atoms with Crippen LogP contribution in [0.2, 0.25) is 0 Å². The molecule has 0 saturated heterocycles. The molecule has 0 fully saturated rings. The van der Waals surface area contributed by atoms with Crippen LogP contribution in [-0.4, -0.2) is 18.8 Å². The molecule has 0 saturated carbocycles. The minimum Gasteiger partial charge on any atom is -0.496 e. The van der Waals surface area contributed by atoms with Crippen LogP contribution >= 0.6 is 0 Å². The van der Waals surface area contributed by atoms with Crippen molar-refractivity contribution in [2.45, 2.75) is 33.1 Å². The van der Waals surface area contributed by atoms with E-state index in [-0.39, 0.29) is 6.61 Å². The van der Waals surface area contributed by atoms with E-state index in [4.69, 9.17) is 9.84 Å². The van der Waals surface area contributed by atoms with E-state index in [1.54, 1.807) is 7.11 Å². The number of hydrogen-bond donors (Lipinski definition) is 1. The summed E-state index contributed by atoms with van der Waals surface area (Å²) in [6.07, 6.45) is 2.75. The molecule has 2 nitrogen and oxygen atoms in total. The van der Waals surface area contributed by atoms with Gasteiger partial charge in [-0.2, -0.15) is 0 Å². The molecule has 2 heteroatoms. The van der Waals surface area contributed by atoms with Crippen LogP contribution in [0.3, 0.4) is 0 Å². The van der Waals surface area contributed by atoms with E-state index in [1.807, 2.05) is 0 Å². The molecule has 0 amide bonds. The highest BCUT2D eigenvalue weighted by atomic mass is 16.5. The highest BCUT2D eigenvalue weighted by Gasteiger charge is 2.05. The predicted octanol–water partition coefficient (Wildman–Crippen LogP) is 2.82. The van der Waals surface area contributed by atoms with Crippen LogP contribution in [0, 0.1) is 5.92 Å². The maximum absolute atomic E-state index is 8.82. The third-order valence-electron chi connectivity index (χ3n) is 2.60. The zero-order valence-electron chi connectivity index (χ0n) is 10.5. The van der Waals surface area contributed by atoms with Crippen LogP contribution in [-0.2, 0) is 12.8 Å². The molecule has 0 aromatic heterocycles. The topological polar surface area (TPSA) is 29.5 Å². The minimum absolute atomic E-state index is 0.233. The molecule has 0 heterocycles. The highest BCUT2D eigenvalue weighted by molar-refractivity contribution is 5.37. The fourth-order valence-electron chi connectivity index (χ4n) is 1.86. The number of aliphatic hydroxyl groups excluding tert-OH is 1. The fraction of sp³-hybridized carbons (Fsp3) is 0.571. The van der Waals surface area contributed by atoms with Gasteiger partial charge in [-0.3, -0.25) is 0 Å². The molecule has 1 rings (SSSR count). The maximum Gasteiger partial charge on any atom is 0.122 e. The molecule has 1 N–H and O–H groups in total. The van der Waals surface area contributed by atoms with Gasteiger partial charge in [-0.1, -0.05) is 26.0 Å². The van der Waals surface area contributed by atoms with E-state index in [0.717, 1.165) is 25.0 Å². The molecule has 0 atom stereocenters. The van der Waals surface area contributed by atoms with Crippen molar-refractivity contribution in [2.24, 2.45) is 5.92 Å². The van der Waals surface area contributed by atoms with Crippen molar-refractivity contribution < 1.29 is 9.84 Å². The highest BCUT2D eigenvalue weighted by Crippen LogP contribution is 2.23. The second-order valence-electron chi connectivity index (χ2n) is 4.57. The predicted molar refractivity (Wildman–Crippen MR) is 66.9 cm³/mol. The first-order chi connectivity index (χ1) is 7.67. The van der Waals surface area contributed by atoms with Gasteiger partial charge in [0, 0.05) is 6.61 Å². The van der Waals surface area contributed by atoms with Crippen molar-refractivity contribution in [3.8, 4) is 5.75 Å². The molecule has 0 unspecified atom stereocenters. The van der Waals surface area contributed by atoms with Crippen LogP contribution in [0.1, 0.15) is 31.4 Å². The first-order valence-corrected chi connectivity index (χ1v) is 5.94. The molecule has 0 radical (unpaired) electrons. The van der Waals surface area contributed by atoms with E-state index < -0.39 is 0 Å². The molecule has 1 aromatic rings. The van der Waals surface area contributed by atoms with Crippen molar-refractivity contribution >= 4 is 0 Å². The normalized spacial score (nSPS) is 10.8. The number of rotatable bonds is 6. The average Bonchev–Trinajstić information content (AvgIpc) is 2.26. The van der Waals surface area contributed by atoms with E-state index in [0.29, 0.717) is 5.92 Å². The summed E-state index contributed by atoms with van der Waals surface area (Å²) in [4.78, 5) is 0. The summed E-state index contributed by atoms with van der Waals surface area (Å²) in [5.41, 5.74) is 2.50. The molecule has 0 aliphatic rings. The molecular formula is C14H22O2. The van der Waals surface area contributed by atoms with Crippen molar-refractivity contribution in [2.75, 3.05) is 13.7 Å². The Morgan fingerprint density at radius 1 is 1.31 bits per heavy atom. The first-order valence-electron chi connectivity index (χ1n) is 5.94. The number of methoxy groups -OCH3 is 1. The monoisotopic (exact) mass is 222 g/mol. The molecule has 90 valence electrons. The van der Waals surface area contributed by atoms with Gasteiger partial charge in [0.15, 0.2) is 0 Å². The molecular weight excluding hydrogens is 200 g/mol. The van der Waals surface area contributed by atoms with Gasteiger partial charge < -0.3 is 9.84 Å². The number of aliphatic hydroxyl groups is 1. The largest absolute Gasteiger partial charge is 0.496 e. The lowest BCUT2D eigenvalue weighted by Gasteiger charge is -2.11. The Kier molecular flexibility index (Phi) is 5.33. The number of hydrogen-bond acceptors (Lipinski definition) is 2. The lowest BCUT2D eigenvalue weighted by atomic mass is 9.99. The Hall–Kier alpha value is -1.02. The summed E-state index contributed by atoms with van der Waals surface area (Å²) in [5.74, 6) is 1.61. The van der Waals surface area contributed by atoms with E-state index in [1.165, 1.54) is 11.1 Å². The zero-order chi connectivity index (χ0) is 12.0. The van der Waals surface area contributed by atoms with Gasteiger partial charge in [-0.15, -0.1) is 0 Å². The number of ether oxygens (including phenoxy) is 1. The standard InChI is InChI=1S/C14H22O2/c1-11(2)9-12-6-7-13(5-4-8-15)14(10-12)16-3/h6-7,10-11,15H,4-5,8-9H2,1-3H3. The average molecular weight is 222 g/mol. The van der Waals surface area contributed by atoms with Gasteiger partial charge >= 0.3 is 0 Å². The van der Waals surface area contributed by atoms with Crippen LogP contribution in [0.5, 0.6) is 5.75 Å². The van der Waals surface area contributed by atoms with Gasteiger partial charge in [-0.05, 0) is 42.4 Å². The summed E-state index contributed by atoms with van der Waals surface area (Å²) < 4.78 is 5.38. The molecule has 1 aromatic carbocycles. The SMILES string of the molecule is COc1cc(CC(C)C)ccc1CCCO. The van der Waals surface area contributed by atoms with Gasteiger partial charge in [0.05, 0.1) is 7.11 Å². The van der Waals surface area contributed by atoms with Crippen LogP contribution in [0.25, 0.3) is 0 Å². The second-order valence-corrected chi connectivity index (χ2v) is 4.57. The quantitative estimate of drug-likeness (QED) is 0.802. The molecule has 0 aliphatic carbocycles. The summed E-state index contributed by atoms with van der Waals surface area (Å²) in [7, 11) is 1.71. The summed E-state index contributed by atoms with van der Waals surface area (Å²) >= 11 is 0. The molecule has 16 heavy (non-hydrogen) atoms. The Labute approximate surface area is 98.3 Å². The molecule has 0 aliphatic heterocycles. The third kappa shape index (κ3) is 3.86. The molecule has 0 spiro atoms. The first kappa shape index (κ1) is 13.0. The lowest BCUT2D eigenvalue weighted by Crippen LogP contribution is -1.98. The van der Waals surface area contributed by atoms with Gasteiger partial charge in [0.1, 0.15) is 5.75 Å². The Bertz CT molecular complexity index is 319. The van der Waals surface area contributed by atoms with Crippen molar-refractivity contribution in [3.63, 3.8) is 0 Å². The van der Waals surface area contributed by atoms with Crippen LogP contribution in [0.15, 0.2) is 18.2 Å². The zero-order valence-corrected chi connectivity index (χ0v) is 10.5. The van der Waals surface area contributed by atoms with Crippen molar-refractivity contribution in [1.82, 2.24) is 0 Å². The van der Waals surface area contributed by atoms with Gasteiger partial charge in [0.2, 0.25) is 0 Å². The Balaban J connectivity index is 2.79. The fourth-order valence-corrected chi connectivity index (χ4v) is 1.86.